The van der Waals surface area contributed by atoms with Crippen molar-refractivity contribution in [2.24, 2.45) is 4.99 Å². The summed E-state index contributed by atoms with van der Waals surface area (Å²) in [6.45, 7) is 4.78. The summed E-state index contributed by atoms with van der Waals surface area (Å²) in [5.41, 5.74) is 3.08. The predicted molar refractivity (Wildman–Crippen MR) is 140 cm³/mol. The maximum absolute atomic E-state index is 11.9. The van der Waals surface area contributed by atoms with Crippen LogP contribution in [0.4, 0.5) is 5.69 Å². The lowest BCUT2D eigenvalue weighted by Gasteiger charge is -2.16. The van der Waals surface area contributed by atoms with Crippen molar-refractivity contribution in [3.05, 3.63) is 59.7 Å². The molecule has 7 nitrogen and oxygen atoms in total. The molecule has 1 amide bonds. The zero-order valence-electron chi connectivity index (χ0n) is 18.5. The molecule has 0 bridgehead atoms. The minimum Gasteiger partial charge on any atom is -0.357 e. The van der Waals surface area contributed by atoms with Gasteiger partial charge in [-0.2, -0.15) is 0 Å². The molecule has 1 aliphatic rings. The number of nitrogens with zero attached hydrogens (tertiary/aromatic N) is 2. The van der Waals surface area contributed by atoms with E-state index in [4.69, 9.17) is 0 Å². The zero-order valence-corrected chi connectivity index (χ0v) is 21.7. The van der Waals surface area contributed by atoms with Gasteiger partial charge in [0.1, 0.15) is 0 Å². The summed E-state index contributed by atoms with van der Waals surface area (Å²) >= 11 is 0. The molecule has 0 saturated carbocycles. The number of hydrogen-bond acceptors (Lipinski definition) is 4. The topological polar surface area (TPSA) is 90.9 Å². The summed E-state index contributed by atoms with van der Waals surface area (Å²) in [5.74, 6) is 0.921. The van der Waals surface area contributed by atoms with E-state index in [0.29, 0.717) is 24.4 Å². The van der Waals surface area contributed by atoms with Crippen molar-refractivity contribution in [2.45, 2.75) is 37.6 Å². The number of halogens is 1. The number of anilines is 1. The van der Waals surface area contributed by atoms with Crippen molar-refractivity contribution in [1.29, 1.82) is 0 Å². The molecule has 3 rings (SSSR count). The second kappa shape index (κ2) is 12.2. The van der Waals surface area contributed by atoms with E-state index in [9.17, 15) is 13.2 Å². The maximum atomic E-state index is 11.9. The van der Waals surface area contributed by atoms with Gasteiger partial charge in [0, 0.05) is 38.0 Å². The Hall–Kier alpha value is -2.14. The molecule has 1 heterocycles. The molecular weight excluding hydrogens is 539 g/mol. The van der Waals surface area contributed by atoms with Crippen LogP contribution >= 0.6 is 24.0 Å². The summed E-state index contributed by atoms with van der Waals surface area (Å²) in [6.07, 6.45) is 3.52. The van der Waals surface area contributed by atoms with Crippen LogP contribution in [0, 0.1) is 0 Å². The van der Waals surface area contributed by atoms with Crippen molar-refractivity contribution >= 4 is 51.4 Å². The summed E-state index contributed by atoms with van der Waals surface area (Å²) in [7, 11) is -3.17. The quantitative estimate of drug-likeness (QED) is 0.289. The molecule has 1 saturated heterocycles. The third-order valence-corrected chi connectivity index (χ3v) is 6.27. The zero-order chi connectivity index (χ0) is 22.3. The Labute approximate surface area is 207 Å². The number of rotatable bonds is 8. The molecule has 174 valence electrons. The van der Waals surface area contributed by atoms with Crippen LogP contribution < -0.4 is 15.5 Å². The van der Waals surface area contributed by atoms with Crippen molar-refractivity contribution in [3.63, 3.8) is 0 Å². The molecule has 1 aliphatic heterocycles. The van der Waals surface area contributed by atoms with Gasteiger partial charge in [-0.05, 0) is 55.2 Å². The van der Waals surface area contributed by atoms with Crippen LogP contribution in [0.3, 0.4) is 0 Å². The molecule has 2 aromatic carbocycles. The molecule has 2 aromatic rings. The minimum atomic E-state index is -3.17. The fraction of sp³-hybridized carbons (Fsp3) is 0.391. The highest BCUT2D eigenvalue weighted by molar-refractivity contribution is 14.0. The number of guanidine groups is 1. The lowest BCUT2D eigenvalue weighted by Crippen LogP contribution is -2.38. The Morgan fingerprint density at radius 3 is 2.25 bits per heavy atom. The Bertz CT molecular complexity index is 1020. The van der Waals surface area contributed by atoms with Gasteiger partial charge in [-0.1, -0.05) is 24.3 Å². The summed E-state index contributed by atoms with van der Waals surface area (Å²) in [4.78, 5) is 18.7. The van der Waals surface area contributed by atoms with E-state index in [2.05, 4.69) is 15.6 Å². The third kappa shape index (κ3) is 7.47. The van der Waals surface area contributed by atoms with Crippen molar-refractivity contribution < 1.29 is 13.2 Å². The van der Waals surface area contributed by atoms with Crippen molar-refractivity contribution in [1.82, 2.24) is 10.6 Å². The number of nitrogens with one attached hydrogen (secondary N) is 2. The van der Waals surface area contributed by atoms with Gasteiger partial charge in [0.2, 0.25) is 5.91 Å². The fourth-order valence-electron chi connectivity index (χ4n) is 3.44. The van der Waals surface area contributed by atoms with Crippen LogP contribution in [0.25, 0.3) is 0 Å². The Morgan fingerprint density at radius 1 is 1.03 bits per heavy atom. The van der Waals surface area contributed by atoms with Crippen molar-refractivity contribution in [2.75, 3.05) is 30.8 Å². The number of benzene rings is 2. The second-order valence-corrected chi connectivity index (χ2v) is 9.62. The van der Waals surface area contributed by atoms with Crippen LogP contribution in [-0.4, -0.2) is 46.2 Å². The van der Waals surface area contributed by atoms with E-state index in [1.54, 1.807) is 12.1 Å². The van der Waals surface area contributed by atoms with Gasteiger partial charge in [-0.3, -0.25) is 4.79 Å². The first-order valence-electron chi connectivity index (χ1n) is 10.6. The first-order valence-corrected chi connectivity index (χ1v) is 12.5. The molecule has 32 heavy (non-hydrogen) atoms. The van der Waals surface area contributed by atoms with Crippen LogP contribution in [-0.2, 0) is 27.6 Å². The van der Waals surface area contributed by atoms with E-state index in [-0.39, 0.29) is 29.9 Å². The standard InChI is InChI=1S/C23H30N4O3S.HI/c1-3-24-23(25-15-14-18-8-12-21(13-9-18)31(2,29)30)26-17-19-6-10-20(11-7-19)27-16-4-5-22(27)28;/h6-13H,3-5,14-17H2,1-2H3,(H2,24,25,26);1H. The smallest absolute Gasteiger partial charge is 0.227 e. The highest BCUT2D eigenvalue weighted by atomic mass is 127. The van der Waals surface area contributed by atoms with Crippen LogP contribution in [0.5, 0.6) is 0 Å². The summed E-state index contributed by atoms with van der Waals surface area (Å²) < 4.78 is 23.1. The van der Waals surface area contributed by atoms with E-state index in [1.165, 1.54) is 6.26 Å². The molecule has 0 spiro atoms. The van der Waals surface area contributed by atoms with Gasteiger partial charge in [-0.15, -0.1) is 24.0 Å². The maximum Gasteiger partial charge on any atom is 0.227 e. The molecular formula is C23H31IN4O3S. The third-order valence-electron chi connectivity index (χ3n) is 5.14. The molecule has 0 aliphatic carbocycles. The van der Waals surface area contributed by atoms with Crippen LogP contribution in [0.1, 0.15) is 30.9 Å². The van der Waals surface area contributed by atoms with E-state index in [0.717, 1.165) is 48.7 Å². The first kappa shape index (κ1) is 26.1. The first-order chi connectivity index (χ1) is 14.9. The largest absolute Gasteiger partial charge is 0.357 e. The van der Waals surface area contributed by atoms with E-state index >= 15 is 0 Å². The Morgan fingerprint density at radius 2 is 1.69 bits per heavy atom. The fourth-order valence-corrected chi connectivity index (χ4v) is 4.07. The second-order valence-electron chi connectivity index (χ2n) is 7.60. The molecule has 9 heteroatoms. The molecule has 1 fully saturated rings. The lowest BCUT2D eigenvalue weighted by atomic mass is 10.1. The van der Waals surface area contributed by atoms with Gasteiger partial charge in [0.25, 0.3) is 0 Å². The number of amides is 1. The van der Waals surface area contributed by atoms with Crippen LogP contribution in [0.15, 0.2) is 58.4 Å². The highest BCUT2D eigenvalue weighted by Crippen LogP contribution is 2.21. The molecule has 0 aromatic heterocycles. The van der Waals surface area contributed by atoms with Crippen LogP contribution in [0.2, 0.25) is 0 Å². The van der Waals surface area contributed by atoms with Gasteiger partial charge < -0.3 is 15.5 Å². The molecule has 0 radical (unpaired) electrons. The molecule has 2 N–H and O–H groups in total. The van der Waals surface area contributed by atoms with E-state index in [1.807, 2.05) is 48.2 Å². The minimum absolute atomic E-state index is 0. The molecule has 0 unspecified atom stereocenters. The number of sulfone groups is 1. The number of carbonyl (C=O) groups is 1. The number of carbonyl (C=O) groups excluding carboxylic acids is 1. The average molecular weight is 570 g/mol. The lowest BCUT2D eigenvalue weighted by molar-refractivity contribution is -0.117. The predicted octanol–water partition coefficient (Wildman–Crippen LogP) is 3.13. The van der Waals surface area contributed by atoms with Gasteiger partial charge >= 0.3 is 0 Å². The Balaban J connectivity index is 0.00000363. The van der Waals surface area contributed by atoms with Gasteiger partial charge in [0.05, 0.1) is 11.4 Å². The molecule has 0 atom stereocenters. The Kier molecular flexibility index (Phi) is 9.95. The summed E-state index contributed by atoms with van der Waals surface area (Å²) in [6, 6.07) is 15.0. The number of hydrogen-bond donors (Lipinski definition) is 2. The van der Waals surface area contributed by atoms with E-state index < -0.39 is 9.84 Å². The SMILES string of the molecule is CCNC(=NCc1ccc(N2CCCC2=O)cc1)NCCc1ccc(S(C)(=O)=O)cc1.I. The highest BCUT2D eigenvalue weighted by Gasteiger charge is 2.21. The van der Waals surface area contributed by atoms with Crippen molar-refractivity contribution in [3.8, 4) is 0 Å². The summed E-state index contributed by atoms with van der Waals surface area (Å²) in [5, 5.41) is 6.55. The normalized spacial score (nSPS) is 14.2. The average Bonchev–Trinajstić information content (AvgIpc) is 3.18. The monoisotopic (exact) mass is 570 g/mol. The number of aliphatic imine (C=N–C) groups is 1. The van der Waals surface area contributed by atoms with Gasteiger partial charge in [-0.25, -0.2) is 13.4 Å². The van der Waals surface area contributed by atoms with Gasteiger partial charge in [0.15, 0.2) is 15.8 Å².